The van der Waals surface area contributed by atoms with Gasteiger partial charge in [-0.05, 0) is 20.3 Å². The van der Waals surface area contributed by atoms with Crippen LogP contribution in [0.25, 0.3) is 0 Å². The van der Waals surface area contributed by atoms with E-state index >= 15 is 0 Å². The molecule has 19 heavy (non-hydrogen) atoms. The molecule has 0 atom stereocenters. The second-order valence-electron chi connectivity index (χ2n) is 4.32. The maximum Gasteiger partial charge on any atom is 0.306 e. The standard InChI is InChI=1S/C13H23NO5/c1-4-11(15)14-8-5-9-18-12(16)6-7-13(17)19-10(2)3/h10H,4-9H2,1-3H3,(H,14,15). The molecule has 0 aliphatic carbocycles. The highest BCUT2D eigenvalue weighted by Crippen LogP contribution is 1.99. The minimum absolute atomic E-state index is 0.0207. The van der Waals surface area contributed by atoms with E-state index in [2.05, 4.69) is 5.32 Å². The van der Waals surface area contributed by atoms with Crippen LogP contribution < -0.4 is 5.32 Å². The lowest BCUT2D eigenvalue weighted by Gasteiger charge is -2.08. The molecule has 0 aromatic carbocycles. The van der Waals surface area contributed by atoms with Crippen LogP contribution >= 0.6 is 0 Å². The highest BCUT2D eigenvalue weighted by molar-refractivity contribution is 5.77. The lowest BCUT2D eigenvalue weighted by atomic mass is 10.3. The first kappa shape index (κ1) is 17.4. The Kier molecular flexibility index (Phi) is 9.48. The SMILES string of the molecule is CCC(=O)NCCCOC(=O)CCC(=O)OC(C)C. The third kappa shape index (κ3) is 11.2. The predicted octanol–water partition coefficient (Wildman–Crippen LogP) is 1.18. The summed E-state index contributed by atoms with van der Waals surface area (Å²) in [5.74, 6) is -0.854. The van der Waals surface area contributed by atoms with Crippen LogP contribution in [-0.4, -0.2) is 37.1 Å². The van der Waals surface area contributed by atoms with E-state index in [0.29, 0.717) is 19.4 Å². The minimum Gasteiger partial charge on any atom is -0.466 e. The van der Waals surface area contributed by atoms with E-state index in [1.165, 1.54) is 0 Å². The number of hydrogen-bond donors (Lipinski definition) is 1. The highest BCUT2D eigenvalue weighted by Gasteiger charge is 2.10. The molecule has 0 rings (SSSR count). The second-order valence-corrected chi connectivity index (χ2v) is 4.32. The van der Waals surface area contributed by atoms with Crippen molar-refractivity contribution >= 4 is 17.8 Å². The van der Waals surface area contributed by atoms with Gasteiger partial charge in [0.15, 0.2) is 0 Å². The summed E-state index contributed by atoms with van der Waals surface area (Å²) in [6.45, 7) is 5.99. The first-order chi connectivity index (χ1) is 8.95. The maximum absolute atomic E-state index is 11.3. The topological polar surface area (TPSA) is 81.7 Å². The molecule has 0 bridgehead atoms. The first-order valence-electron chi connectivity index (χ1n) is 6.57. The third-order valence-electron chi connectivity index (χ3n) is 2.13. The molecule has 6 heteroatoms. The average Bonchev–Trinajstić information content (AvgIpc) is 2.34. The molecule has 0 saturated carbocycles. The monoisotopic (exact) mass is 273 g/mol. The van der Waals surface area contributed by atoms with Crippen molar-refractivity contribution in [2.45, 2.75) is 52.6 Å². The largest absolute Gasteiger partial charge is 0.466 e. The number of hydrogen-bond acceptors (Lipinski definition) is 5. The van der Waals surface area contributed by atoms with E-state index < -0.39 is 11.9 Å². The summed E-state index contributed by atoms with van der Waals surface area (Å²) in [7, 11) is 0. The van der Waals surface area contributed by atoms with Crippen molar-refractivity contribution in [1.29, 1.82) is 0 Å². The van der Waals surface area contributed by atoms with E-state index in [-0.39, 0.29) is 31.5 Å². The van der Waals surface area contributed by atoms with Crippen LogP contribution in [0.15, 0.2) is 0 Å². The molecular formula is C13H23NO5. The number of amides is 1. The lowest BCUT2D eigenvalue weighted by Crippen LogP contribution is -2.24. The zero-order chi connectivity index (χ0) is 14.7. The minimum atomic E-state index is -0.428. The van der Waals surface area contributed by atoms with Crippen LogP contribution in [0.3, 0.4) is 0 Å². The molecule has 0 heterocycles. The van der Waals surface area contributed by atoms with Crippen molar-refractivity contribution in [1.82, 2.24) is 5.32 Å². The van der Waals surface area contributed by atoms with Gasteiger partial charge in [-0.2, -0.15) is 0 Å². The summed E-state index contributed by atoms with van der Waals surface area (Å²) < 4.78 is 9.80. The van der Waals surface area contributed by atoms with Gasteiger partial charge in [0.1, 0.15) is 0 Å². The smallest absolute Gasteiger partial charge is 0.306 e. The molecule has 0 radical (unpaired) electrons. The Morgan fingerprint density at radius 2 is 1.74 bits per heavy atom. The van der Waals surface area contributed by atoms with Crippen molar-refractivity contribution < 1.29 is 23.9 Å². The number of nitrogens with one attached hydrogen (secondary N) is 1. The molecule has 0 aromatic heterocycles. The van der Waals surface area contributed by atoms with Gasteiger partial charge in [0.25, 0.3) is 0 Å². The third-order valence-corrected chi connectivity index (χ3v) is 2.13. The van der Waals surface area contributed by atoms with Gasteiger partial charge in [-0.3, -0.25) is 14.4 Å². The fourth-order valence-corrected chi connectivity index (χ4v) is 1.21. The predicted molar refractivity (Wildman–Crippen MR) is 69.3 cm³/mol. The fraction of sp³-hybridized carbons (Fsp3) is 0.769. The average molecular weight is 273 g/mol. The van der Waals surface area contributed by atoms with Gasteiger partial charge in [0.2, 0.25) is 5.91 Å². The Hall–Kier alpha value is -1.59. The Bertz CT molecular complexity index is 301. The zero-order valence-electron chi connectivity index (χ0n) is 11.9. The van der Waals surface area contributed by atoms with E-state index in [4.69, 9.17) is 9.47 Å². The molecule has 1 N–H and O–H groups in total. The van der Waals surface area contributed by atoms with Gasteiger partial charge >= 0.3 is 11.9 Å². The van der Waals surface area contributed by atoms with Crippen LogP contribution in [0.2, 0.25) is 0 Å². The van der Waals surface area contributed by atoms with Crippen molar-refractivity contribution in [2.24, 2.45) is 0 Å². The highest BCUT2D eigenvalue weighted by atomic mass is 16.5. The normalized spacial score (nSPS) is 10.1. The van der Waals surface area contributed by atoms with Gasteiger partial charge in [-0.1, -0.05) is 6.92 Å². The summed E-state index contributed by atoms with van der Waals surface area (Å²) in [6.07, 6.45) is 0.882. The molecular weight excluding hydrogens is 250 g/mol. The zero-order valence-corrected chi connectivity index (χ0v) is 11.9. The number of esters is 2. The number of ether oxygens (including phenoxy) is 2. The van der Waals surface area contributed by atoms with Gasteiger partial charge in [-0.25, -0.2) is 0 Å². The van der Waals surface area contributed by atoms with Crippen molar-refractivity contribution in [3.05, 3.63) is 0 Å². The molecule has 0 unspecified atom stereocenters. The summed E-state index contributed by atoms with van der Waals surface area (Å²) in [5.41, 5.74) is 0. The molecule has 0 fully saturated rings. The molecule has 0 saturated heterocycles. The van der Waals surface area contributed by atoms with Crippen molar-refractivity contribution in [2.75, 3.05) is 13.2 Å². The maximum atomic E-state index is 11.3. The molecule has 110 valence electrons. The quantitative estimate of drug-likeness (QED) is 0.504. The van der Waals surface area contributed by atoms with Crippen LogP contribution in [0, 0.1) is 0 Å². The van der Waals surface area contributed by atoms with Crippen molar-refractivity contribution in [3.63, 3.8) is 0 Å². The molecule has 0 aliphatic rings. The van der Waals surface area contributed by atoms with Crippen LogP contribution in [0.5, 0.6) is 0 Å². The summed E-state index contributed by atoms with van der Waals surface area (Å²) >= 11 is 0. The van der Waals surface area contributed by atoms with Gasteiger partial charge in [0.05, 0.1) is 25.6 Å². The Labute approximate surface area is 113 Å². The van der Waals surface area contributed by atoms with E-state index in [1.807, 2.05) is 0 Å². The fourth-order valence-electron chi connectivity index (χ4n) is 1.21. The first-order valence-corrected chi connectivity index (χ1v) is 6.57. The van der Waals surface area contributed by atoms with Gasteiger partial charge in [-0.15, -0.1) is 0 Å². The van der Waals surface area contributed by atoms with Gasteiger partial charge in [0, 0.05) is 13.0 Å². The van der Waals surface area contributed by atoms with Gasteiger partial charge < -0.3 is 14.8 Å². The summed E-state index contributed by atoms with van der Waals surface area (Å²) in [6, 6.07) is 0. The Morgan fingerprint density at radius 3 is 2.32 bits per heavy atom. The molecule has 6 nitrogen and oxygen atoms in total. The number of carbonyl (C=O) groups excluding carboxylic acids is 3. The Morgan fingerprint density at radius 1 is 1.11 bits per heavy atom. The summed E-state index contributed by atoms with van der Waals surface area (Å²) in [4.78, 5) is 33.3. The Balaban J connectivity index is 3.49. The molecule has 0 aromatic rings. The molecule has 0 aliphatic heterocycles. The summed E-state index contributed by atoms with van der Waals surface area (Å²) in [5, 5.41) is 2.67. The molecule has 0 spiro atoms. The van der Waals surface area contributed by atoms with E-state index in [0.717, 1.165) is 0 Å². The van der Waals surface area contributed by atoms with Crippen LogP contribution in [-0.2, 0) is 23.9 Å². The van der Waals surface area contributed by atoms with E-state index in [9.17, 15) is 14.4 Å². The number of rotatable bonds is 9. The van der Waals surface area contributed by atoms with Crippen LogP contribution in [0.1, 0.15) is 46.5 Å². The molecule has 1 amide bonds. The number of carbonyl (C=O) groups is 3. The van der Waals surface area contributed by atoms with E-state index in [1.54, 1.807) is 20.8 Å². The second kappa shape index (κ2) is 10.3. The lowest BCUT2D eigenvalue weighted by molar-refractivity contribution is -0.152. The van der Waals surface area contributed by atoms with Crippen LogP contribution in [0.4, 0.5) is 0 Å². The van der Waals surface area contributed by atoms with Crippen molar-refractivity contribution in [3.8, 4) is 0 Å².